The molecule has 0 unspecified atom stereocenters. The molecule has 1 heterocycles. The molecule has 0 saturated carbocycles. The van der Waals surface area contributed by atoms with Crippen molar-refractivity contribution < 1.29 is 8.42 Å². The Morgan fingerprint density at radius 1 is 1.24 bits per heavy atom. The molecule has 21 heavy (non-hydrogen) atoms. The molecule has 0 bridgehead atoms. The molecule has 0 radical (unpaired) electrons. The van der Waals surface area contributed by atoms with Gasteiger partial charge >= 0.3 is 0 Å². The van der Waals surface area contributed by atoms with Crippen LogP contribution in [-0.4, -0.2) is 36.8 Å². The van der Waals surface area contributed by atoms with Crippen LogP contribution in [0.15, 0.2) is 23.1 Å². The molecule has 0 aromatic heterocycles. The minimum absolute atomic E-state index is 0.346. The highest BCUT2D eigenvalue weighted by molar-refractivity contribution is 8.00. The monoisotopic (exact) mass is 324 g/mol. The summed E-state index contributed by atoms with van der Waals surface area (Å²) < 4.78 is 26.4. The van der Waals surface area contributed by atoms with Crippen LogP contribution in [0.4, 0.5) is 0 Å². The van der Waals surface area contributed by atoms with Gasteiger partial charge in [-0.2, -0.15) is 9.57 Å². The van der Waals surface area contributed by atoms with Crippen molar-refractivity contribution in [2.75, 3.05) is 19.3 Å². The van der Waals surface area contributed by atoms with Crippen LogP contribution in [0.5, 0.6) is 0 Å². The number of nitriles is 1. The fourth-order valence-corrected chi connectivity index (χ4v) is 4.68. The molecule has 0 amide bonds. The molecular formula is C15H20N2O2S2. The highest BCUT2D eigenvalue weighted by atomic mass is 32.2. The highest BCUT2D eigenvalue weighted by Gasteiger charge is 2.38. The fourth-order valence-electron chi connectivity index (χ4n) is 2.47. The summed E-state index contributed by atoms with van der Waals surface area (Å²) in [7, 11) is -3.45. The number of hydrogen-bond donors (Lipinski definition) is 0. The fraction of sp³-hybridized carbons (Fsp3) is 0.533. The predicted octanol–water partition coefficient (Wildman–Crippen LogP) is 2.71. The smallest absolute Gasteiger partial charge is 0.207 e. The van der Waals surface area contributed by atoms with E-state index in [1.807, 2.05) is 26.2 Å². The molecule has 2 rings (SSSR count). The molecule has 1 fully saturated rings. The van der Waals surface area contributed by atoms with Crippen molar-refractivity contribution in [3.05, 3.63) is 29.3 Å². The molecule has 1 aliphatic rings. The van der Waals surface area contributed by atoms with Gasteiger partial charge in [0.1, 0.15) is 4.75 Å². The van der Waals surface area contributed by atoms with Crippen LogP contribution in [0, 0.1) is 25.2 Å². The average Bonchev–Trinajstić information content (AvgIpc) is 2.50. The standard InChI is InChI=1S/C15H20N2O2S2/c1-12-4-5-14(10-13(12)2)21(18,19)17-8-6-15(11-16,20-3)7-9-17/h4-5,10H,6-9H2,1-3H3. The van der Waals surface area contributed by atoms with Gasteiger partial charge in [-0.1, -0.05) is 6.07 Å². The number of sulfonamides is 1. The van der Waals surface area contributed by atoms with Crippen LogP contribution >= 0.6 is 11.8 Å². The number of nitrogens with zero attached hydrogens (tertiary/aromatic N) is 2. The Morgan fingerprint density at radius 2 is 1.86 bits per heavy atom. The number of rotatable bonds is 3. The number of benzene rings is 1. The van der Waals surface area contributed by atoms with E-state index in [0.717, 1.165) is 11.1 Å². The van der Waals surface area contributed by atoms with E-state index in [0.29, 0.717) is 30.8 Å². The van der Waals surface area contributed by atoms with Gasteiger partial charge in [0.2, 0.25) is 10.0 Å². The van der Waals surface area contributed by atoms with Gasteiger partial charge in [0.15, 0.2) is 0 Å². The lowest BCUT2D eigenvalue weighted by Gasteiger charge is -2.35. The predicted molar refractivity (Wildman–Crippen MR) is 85.8 cm³/mol. The van der Waals surface area contributed by atoms with Gasteiger partial charge in [-0.05, 0) is 56.2 Å². The zero-order chi connectivity index (χ0) is 15.7. The van der Waals surface area contributed by atoms with E-state index in [1.54, 1.807) is 12.1 Å². The molecule has 1 aromatic rings. The summed E-state index contributed by atoms with van der Waals surface area (Å²) >= 11 is 1.52. The summed E-state index contributed by atoms with van der Waals surface area (Å²) in [5, 5.41) is 9.28. The third kappa shape index (κ3) is 3.10. The minimum Gasteiger partial charge on any atom is -0.207 e. The summed E-state index contributed by atoms with van der Waals surface area (Å²) in [6.07, 6.45) is 3.07. The zero-order valence-electron chi connectivity index (χ0n) is 12.6. The first-order valence-electron chi connectivity index (χ1n) is 6.88. The third-order valence-corrected chi connectivity index (χ3v) is 7.42. The van der Waals surface area contributed by atoms with E-state index < -0.39 is 14.8 Å². The van der Waals surface area contributed by atoms with Crippen molar-refractivity contribution in [3.63, 3.8) is 0 Å². The Bertz CT molecular complexity index is 669. The Balaban J connectivity index is 2.23. The molecule has 1 aliphatic heterocycles. The molecule has 6 heteroatoms. The summed E-state index contributed by atoms with van der Waals surface area (Å²) in [6.45, 7) is 4.69. The summed E-state index contributed by atoms with van der Waals surface area (Å²) in [6, 6.07) is 7.57. The van der Waals surface area contributed by atoms with E-state index in [-0.39, 0.29) is 0 Å². The molecule has 114 valence electrons. The molecule has 0 spiro atoms. The molecule has 0 aliphatic carbocycles. The summed E-state index contributed by atoms with van der Waals surface area (Å²) in [4.78, 5) is 0.346. The maximum Gasteiger partial charge on any atom is 0.243 e. The Labute approximate surface area is 131 Å². The number of hydrogen-bond acceptors (Lipinski definition) is 4. The van der Waals surface area contributed by atoms with E-state index in [9.17, 15) is 13.7 Å². The van der Waals surface area contributed by atoms with Gasteiger partial charge in [0.05, 0.1) is 11.0 Å². The lowest BCUT2D eigenvalue weighted by atomic mass is 9.99. The van der Waals surface area contributed by atoms with E-state index >= 15 is 0 Å². The zero-order valence-corrected chi connectivity index (χ0v) is 14.2. The lowest BCUT2D eigenvalue weighted by molar-refractivity contribution is 0.327. The van der Waals surface area contributed by atoms with Crippen LogP contribution in [0.3, 0.4) is 0 Å². The molecule has 0 N–H and O–H groups in total. The maximum atomic E-state index is 12.7. The van der Waals surface area contributed by atoms with Crippen molar-refractivity contribution in [1.82, 2.24) is 4.31 Å². The van der Waals surface area contributed by atoms with Gasteiger partial charge < -0.3 is 0 Å². The maximum absolute atomic E-state index is 12.7. The van der Waals surface area contributed by atoms with Crippen molar-refractivity contribution in [3.8, 4) is 6.07 Å². The van der Waals surface area contributed by atoms with Crippen molar-refractivity contribution >= 4 is 21.8 Å². The first kappa shape index (κ1) is 16.3. The lowest BCUT2D eigenvalue weighted by Crippen LogP contribution is -2.44. The first-order valence-corrected chi connectivity index (χ1v) is 9.55. The van der Waals surface area contributed by atoms with Crippen LogP contribution in [0.1, 0.15) is 24.0 Å². The van der Waals surface area contributed by atoms with Crippen LogP contribution in [-0.2, 0) is 10.0 Å². The average molecular weight is 324 g/mol. The second-order valence-electron chi connectivity index (χ2n) is 5.46. The van der Waals surface area contributed by atoms with Gasteiger partial charge in [0, 0.05) is 13.1 Å². The molecule has 4 nitrogen and oxygen atoms in total. The second-order valence-corrected chi connectivity index (χ2v) is 8.59. The second kappa shape index (κ2) is 5.99. The summed E-state index contributed by atoms with van der Waals surface area (Å²) in [5.74, 6) is 0. The van der Waals surface area contributed by atoms with Crippen LogP contribution < -0.4 is 0 Å². The molecule has 0 atom stereocenters. The van der Waals surface area contributed by atoms with E-state index in [1.165, 1.54) is 16.1 Å². The SMILES string of the molecule is CSC1(C#N)CCN(S(=O)(=O)c2ccc(C)c(C)c2)CC1. The third-order valence-electron chi connectivity index (χ3n) is 4.24. The van der Waals surface area contributed by atoms with Gasteiger partial charge in [-0.3, -0.25) is 0 Å². The molecular weight excluding hydrogens is 304 g/mol. The minimum atomic E-state index is -3.45. The van der Waals surface area contributed by atoms with Crippen molar-refractivity contribution in [2.45, 2.75) is 36.3 Å². The van der Waals surface area contributed by atoms with Crippen LogP contribution in [0.2, 0.25) is 0 Å². The van der Waals surface area contributed by atoms with E-state index in [2.05, 4.69) is 6.07 Å². The van der Waals surface area contributed by atoms with Gasteiger partial charge in [-0.25, -0.2) is 8.42 Å². The Morgan fingerprint density at radius 3 is 2.33 bits per heavy atom. The number of piperidine rings is 1. The molecule has 1 aromatic carbocycles. The van der Waals surface area contributed by atoms with E-state index in [4.69, 9.17) is 0 Å². The first-order chi connectivity index (χ1) is 9.84. The van der Waals surface area contributed by atoms with Crippen molar-refractivity contribution in [1.29, 1.82) is 5.26 Å². The highest BCUT2D eigenvalue weighted by Crippen LogP contribution is 2.35. The largest absolute Gasteiger partial charge is 0.243 e. The normalized spacial score (nSPS) is 19.1. The van der Waals surface area contributed by atoms with Crippen molar-refractivity contribution in [2.24, 2.45) is 0 Å². The van der Waals surface area contributed by atoms with Gasteiger partial charge in [-0.15, -0.1) is 11.8 Å². The molecule has 1 saturated heterocycles. The number of thioether (sulfide) groups is 1. The van der Waals surface area contributed by atoms with Crippen LogP contribution in [0.25, 0.3) is 0 Å². The Kier molecular flexibility index (Phi) is 4.66. The quantitative estimate of drug-likeness (QED) is 0.857. The van der Waals surface area contributed by atoms with Gasteiger partial charge in [0.25, 0.3) is 0 Å². The topological polar surface area (TPSA) is 61.2 Å². The number of aryl methyl sites for hydroxylation is 2. The Hall–Kier alpha value is -1.03. The summed E-state index contributed by atoms with van der Waals surface area (Å²) in [5.41, 5.74) is 2.06.